The number of nitrogens with one attached hydrogen (secondary N) is 2. The fourth-order valence-electron chi connectivity index (χ4n) is 5.15. The van der Waals surface area contributed by atoms with E-state index >= 15 is 4.39 Å². The predicted octanol–water partition coefficient (Wildman–Crippen LogP) is 5.43. The topological polar surface area (TPSA) is 167 Å². The highest BCUT2D eigenvalue weighted by molar-refractivity contribution is 6.04. The normalized spacial score (nSPS) is 13.4. The molecule has 0 aliphatic carbocycles. The van der Waals surface area contributed by atoms with Crippen molar-refractivity contribution in [2.45, 2.75) is 59.2 Å². The number of hydrogen-bond donors (Lipinski definition) is 2. The molecule has 0 saturated heterocycles. The van der Waals surface area contributed by atoms with Crippen LogP contribution in [0.25, 0.3) is 21.9 Å². The van der Waals surface area contributed by atoms with Crippen LogP contribution in [0.4, 0.5) is 32.2 Å². The second-order valence-corrected chi connectivity index (χ2v) is 11.8. The van der Waals surface area contributed by atoms with Gasteiger partial charge in [-0.3, -0.25) is 29.9 Å². The number of fused-ring (bicyclic) bond motifs is 2. The minimum atomic E-state index is -0.906. The van der Waals surface area contributed by atoms with Crippen LogP contribution in [0.3, 0.4) is 0 Å². The number of nitrogens with zero attached hydrogens (tertiary/aromatic N) is 6. The van der Waals surface area contributed by atoms with Crippen molar-refractivity contribution >= 4 is 45.8 Å². The Morgan fingerprint density at radius 2 is 1.89 bits per heavy atom. The Labute approximate surface area is 257 Å². The molecule has 0 radical (unpaired) electrons. The Balaban J connectivity index is 1.57. The zero-order valence-corrected chi connectivity index (χ0v) is 25.7. The highest BCUT2D eigenvalue weighted by Gasteiger charge is 2.27. The van der Waals surface area contributed by atoms with Crippen molar-refractivity contribution in [2.24, 2.45) is 0 Å². The maximum absolute atomic E-state index is 16.2. The molecule has 4 aromatic rings. The van der Waals surface area contributed by atoms with Gasteiger partial charge < -0.3 is 19.7 Å². The molecule has 0 unspecified atom stereocenters. The van der Waals surface area contributed by atoms with E-state index in [9.17, 15) is 19.7 Å². The molecular formula is C30H33FN8O6. The number of carbonyl (C=O) groups is 2. The van der Waals surface area contributed by atoms with Crippen LogP contribution in [0.15, 0.2) is 36.8 Å². The standard InChI is InChI=1S/C30H33FN8O6/c1-16(2)37-8-7-18-11-24(36-38(18)15-25(37)40)34-23-10-17-9-19(21-12-32-14-22(39(42)43)28(21)44-6)26(31)27(20(17)13-33-23)35-29(41)45-30(3,4)5/h9-14,16H,7-8,15H2,1-6H3,(H,35,41)(H,33,34,36). The summed E-state index contributed by atoms with van der Waals surface area (Å²) in [5.41, 5.74) is -0.790. The van der Waals surface area contributed by atoms with Crippen LogP contribution in [0.5, 0.6) is 5.75 Å². The number of amides is 2. The molecule has 45 heavy (non-hydrogen) atoms. The first-order valence-electron chi connectivity index (χ1n) is 14.2. The van der Waals surface area contributed by atoms with E-state index in [0.29, 0.717) is 30.0 Å². The number of benzene rings is 1. The molecule has 236 valence electrons. The van der Waals surface area contributed by atoms with E-state index in [1.54, 1.807) is 31.5 Å². The number of carbonyl (C=O) groups excluding carboxylic acids is 2. The number of hydrogen-bond acceptors (Lipinski definition) is 10. The third kappa shape index (κ3) is 6.46. The molecule has 2 amide bonds. The number of pyridine rings is 2. The van der Waals surface area contributed by atoms with Crippen molar-refractivity contribution in [1.82, 2.24) is 24.6 Å². The molecule has 1 aromatic carbocycles. The Hall–Kier alpha value is -5.34. The summed E-state index contributed by atoms with van der Waals surface area (Å²) in [6.45, 7) is 9.64. The fraction of sp³-hybridized carbons (Fsp3) is 0.367. The molecule has 3 aromatic heterocycles. The average Bonchev–Trinajstić information content (AvgIpc) is 3.25. The van der Waals surface area contributed by atoms with Crippen molar-refractivity contribution in [2.75, 3.05) is 24.3 Å². The third-order valence-corrected chi connectivity index (χ3v) is 7.11. The van der Waals surface area contributed by atoms with Crippen molar-refractivity contribution in [3.63, 3.8) is 0 Å². The lowest BCUT2D eigenvalue weighted by molar-refractivity contribution is -0.386. The van der Waals surface area contributed by atoms with Crippen LogP contribution in [0, 0.1) is 15.9 Å². The lowest BCUT2D eigenvalue weighted by Crippen LogP contribution is -2.38. The largest absolute Gasteiger partial charge is 0.490 e. The lowest BCUT2D eigenvalue weighted by Gasteiger charge is -2.24. The highest BCUT2D eigenvalue weighted by atomic mass is 19.1. The minimum Gasteiger partial charge on any atom is -0.490 e. The van der Waals surface area contributed by atoms with Crippen molar-refractivity contribution in [1.29, 1.82) is 0 Å². The van der Waals surface area contributed by atoms with Gasteiger partial charge in [0.1, 0.15) is 24.2 Å². The van der Waals surface area contributed by atoms with Gasteiger partial charge in [-0.1, -0.05) is 0 Å². The molecule has 0 saturated carbocycles. The monoisotopic (exact) mass is 620 g/mol. The SMILES string of the molecule is COc1c(-c2cc3cc(Nc4cc5n(n4)CC(=O)N(C(C)C)CC5)ncc3c(NC(=O)OC(C)(C)C)c2F)cncc1[N+](=O)[O-]. The third-order valence-electron chi connectivity index (χ3n) is 7.11. The lowest BCUT2D eigenvalue weighted by atomic mass is 9.99. The second kappa shape index (κ2) is 12.0. The molecule has 0 atom stereocenters. The van der Waals surface area contributed by atoms with Gasteiger partial charge in [-0.2, -0.15) is 5.10 Å². The molecule has 0 bridgehead atoms. The van der Waals surface area contributed by atoms with Gasteiger partial charge in [0.15, 0.2) is 11.6 Å². The van der Waals surface area contributed by atoms with Crippen LogP contribution in [-0.4, -0.2) is 66.9 Å². The summed E-state index contributed by atoms with van der Waals surface area (Å²) in [5, 5.41) is 22.5. The van der Waals surface area contributed by atoms with Crippen LogP contribution >= 0.6 is 0 Å². The van der Waals surface area contributed by atoms with E-state index in [4.69, 9.17) is 9.47 Å². The van der Waals surface area contributed by atoms with E-state index in [1.807, 2.05) is 24.8 Å². The maximum atomic E-state index is 16.2. The summed E-state index contributed by atoms with van der Waals surface area (Å²) in [7, 11) is 1.23. The summed E-state index contributed by atoms with van der Waals surface area (Å²) < 4.78 is 28.6. The van der Waals surface area contributed by atoms with E-state index < -0.39 is 28.1 Å². The number of aromatic nitrogens is 4. The van der Waals surface area contributed by atoms with Gasteiger partial charge in [0.05, 0.1) is 23.3 Å². The zero-order valence-electron chi connectivity index (χ0n) is 25.7. The average molecular weight is 621 g/mol. The number of ether oxygens (including phenoxy) is 2. The summed E-state index contributed by atoms with van der Waals surface area (Å²) in [5.74, 6) is -0.311. The Morgan fingerprint density at radius 1 is 1.13 bits per heavy atom. The molecule has 5 rings (SSSR count). The van der Waals surface area contributed by atoms with Gasteiger partial charge >= 0.3 is 11.8 Å². The molecule has 4 heterocycles. The molecular weight excluding hydrogens is 587 g/mol. The van der Waals surface area contributed by atoms with Gasteiger partial charge in [-0.25, -0.2) is 14.2 Å². The molecule has 1 aliphatic rings. The summed E-state index contributed by atoms with van der Waals surface area (Å²) >= 11 is 0. The number of halogens is 1. The number of rotatable bonds is 7. The van der Waals surface area contributed by atoms with Crippen LogP contribution < -0.4 is 15.4 Å². The maximum Gasteiger partial charge on any atom is 0.412 e. The van der Waals surface area contributed by atoms with Crippen molar-refractivity contribution in [3.05, 3.63) is 58.4 Å². The Morgan fingerprint density at radius 3 is 2.56 bits per heavy atom. The van der Waals surface area contributed by atoms with Gasteiger partial charge in [0.2, 0.25) is 11.7 Å². The molecule has 2 N–H and O–H groups in total. The first kappa shape index (κ1) is 31.1. The minimum absolute atomic E-state index is 0.00242. The fourth-order valence-corrected chi connectivity index (χ4v) is 5.15. The van der Waals surface area contributed by atoms with Crippen LogP contribution in [0.1, 0.15) is 40.3 Å². The van der Waals surface area contributed by atoms with E-state index in [2.05, 4.69) is 25.7 Å². The number of methoxy groups -OCH3 is 1. The summed E-state index contributed by atoms with van der Waals surface area (Å²) in [6.07, 6.45) is 3.36. The van der Waals surface area contributed by atoms with Crippen molar-refractivity contribution < 1.29 is 28.4 Å². The van der Waals surface area contributed by atoms with Crippen LogP contribution in [-0.2, 0) is 22.5 Å². The molecule has 0 spiro atoms. The number of anilines is 3. The summed E-state index contributed by atoms with van der Waals surface area (Å²) in [4.78, 5) is 46.6. The molecule has 0 fully saturated rings. The van der Waals surface area contributed by atoms with Crippen molar-refractivity contribution in [3.8, 4) is 16.9 Å². The smallest absolute Gasteiger partial charge is 0.412 e. The summed E-state index contributed by atoms with van der Waals surface area (Å²) in [6, 6.07) is 5.01. The van der Waals surface area contributed by atoms with E-state index in [1.165, 1.54) is 25.6 Å². The first-order valence-corrected chi connectivity index (χ1v) is 14.2. The van der Waals surface area contributed by atoms with Gasteiger partial charge in [0.25, 0.3) is 0 Å². The predicted molar refractivity (Wildman–Crippen MR) is 164 cm³/mol. The molecule has 1 aliphatic heterocycles. The number of nitro groups is 1. The van der Waals surface area contributed by atoms with E-state index in [-0.39, 0.29) is 46.4 Å². The quantitative estimate of drug-likeness (QED) is 0.201. The second-order valence-electron chi connectivity index (χ2n) is 11.8. The van der Waals surface area contributed by atoms with Gasteiger partial charge in [-0.05, 0) is 52.1 Å². The zero-order chi connectivity index (χ0) is 32.6. The first-order chi connectivity index (χ1) is 21.3. The highest BCUT2D eigenvalue weighted by Crippen LogP contribution is 2.42. The molecule has 15 heteroatoms. The molecule has 14 nitrogen and oxygen atoms in total. The van der Waals surface area contributed by atoms with E-state index in [0.717, 1.165) is 11.9 Å². The van der Waals surface area contributed by atoms with Crippen LogP contribution in [0.2, 0.25) is 0 Å². The van der Waals surface area contributed by atoms with Gasteiger partial charge in [0, 0.05) is 54.1 Å². The Kier molecular flexibility index (Phi) is 8.28. The Bertz CT molecular complexity index is 1820. The van der Waals surface area contributed by atoms with Gasteiger partial charge in [-0.15, -0.1) is 0 Å².